The van der Waals surface area contributed by atoms with E-state index in [0.717, 1.165) is 32.1 Å². The first-order valence-electron chi connectivity index (χ1n) is 8.01. The molecule has 2 aliphatic rings. The van der Waals surface area contributed by atoms with Crippen molar-refractivity contribution in [3.05, 3.63) is 29.3 Å². The number of fused-ring (bicyclic) bond motifs is 1. The minimum atomic E-state index is -0.255. The second kappa shape index (κ2) is 6.06. The lowest BCUT2D eigenvalue weighted by atomic mass is 9.85. The summed E-state index contributed by atoms with van der Waals surface area (Å²) in [5.74, 6) is 0.0558. The van der Waals surface area contributed by atoms with Gasteiger partial charge in [0, 0.05) is 12.1 Å². The van der Waals surface area contributed by atoms with Crippen molar-refractivity contribution in [1.29, 1.82) is 0 Å². The number of amides is 1. The van der Waals surface area contributed by atoms with Gasteiger partial charge >= 0.3 is 0 Å². The molecule has 21 heavy (non-hydrogen) atoms. The number of phenolic OH excluding ortho intramolecular Hbond substituents is 1. The number of primary amides is 1. The summed E-state index contributed by atoms with van der Waals surface area (Å²) in [7, 11) is 0. The molecule has 1 saturated carbocycles. The van der Waals surface area contributed by atoms with Crippen LogP contribution >= 0.6 is 0 Å². The molecule has 0 aromatic heterocycles. The average Bonchev–Trinajstić information content (AvgIpc) is 2.98. The van der Waals surface area contributed by atoms with Gasteiger partial charge < -0.3 is 10.8 Å². The molecule has 0 aliphatic heterocycles. The first-order chi connectivity index (χ1) is 10.1. The van der Waals surface area contributed by atoms with Gasteiger partial charge in [0.05, 0.1) is 6.54 Å². The molecular formula is C17H24N2O2. The fraction of sp³-hybridized carbons (Fsp3) is 0.588. The lowest BCUT2D eigenvalue weighted by Gasteiger charge is -2.39. The molecule has 1 unspecified atom stereocenters. The average molecular weight is 288 g/mol. The van der Waals surface area contributed by atoms with E-state index in [1.807, 2.05) is 12.1 Å². The van der Waals surface area contributed by atoms with Crippen molar-refractivity contribution in [3.8, 4) is 5.75 Å². The monoisotopic (exact) mass is 288 g/mol. The quantitative estimate of drug-likeness (QED) is 0.894. The van der Waals surface area contributed by atoms with Crippen molar-refractivity contribution >= 4 is 5.91 Å². The Bertz CT molecular complexity index is 524. The molecule has 1 amide bonds. The highest BCUT2D eigenvalue weighted by Crippen LogP contribution is 2.39. The Morgan fingerprint density at radius 3 is 2.71 bits per heavy atom. The third-order valence-corrected chi connectivity index (χ3v) is 4.94. The number of carbonyl (C=O) groups is 1. The van der Waals surface area contributed by atoms with Gasteiger partial charge in [-0.1, -0.05) is 18.9 Å². The zero-order valence-electron chi connectivity index (χ0n) is 12.4. The number of aryl methyl sites for hydroxylation is 1. The van der Waals surface area contributed by atoms with Crippen LogP contribution in [0.2, 0.25) is 0 Å². The fourth-order valence-corrected chi connectivity index (χ4v) is 4.02. The van der Waals surface area contributed by atoms with E-state index in [-0.39, 0.29) is 11.9 Å². The van der Waals surface area contributed by atoms with Gasteiger partial charge in [0.15, 0.2) is 0 Å². The van der Waals surface area contributed by atoms with E-state index in [4.69, 9.17) is 5.73 Å². The first kappa shape index (κ1) is 14.4. The van der Waals surface area contributed by atoms with Crippen molar-refractivity contribution in [2.45, 2.75) is 57.0 Å². The third-order valence-electron chi connectivity index (χ3n) is 4.94. The molecule has 0 radical (unpaired) electrons. The van der Waals surface area contributed by atoms with Gasteiger partial charge in [-0.15, -0.1) is 0 Å². The van der Waals surface area contributed by atoms with Crippen LogP contribution in [-0.4, -0.2) is 28.5 Å². The number of phenols is 1. The zero-order chi connectivity index (χ0) is 14.8. The molecule has 1 aromatic rings. The zero-order valence-corrected chi connectivity index (χ0v) is 12.4. The third kappa shape index (κ3) is 3.05. The van der Waals surface area contributed by atoms with Crippen LogP contribution in [0.3, 0.4) is 0 Å². The molecule has 1 aromatic carbocycles. The SMILES string of the molecule is NC(=O)CN(C1CCCC1)C1CCCc2ccc(O)cc21. The highest BCUT2D eigenvalue weighted by molar-refractivity contribution is 5.76. The molecule has 3 rings (SSSR count). The van der Waals surface area contributed by atoms with Gasteiger partial charge in [-0.25, -0.2) is 0 Å². The van der Waals surface area contributed by atoms with E-state index < -0.39 is 0 Å². The number of aromatic hydroxyl groups is 1. The van der Waals surface area contributed by atoms with Crippen LogP contribution in [0.4, 0.5) is 0 Å². The molecule has 1 fully saturated rings. The minimum absolute atomic E-state index is 0.219. The van der Waals surface area contributed by atoms with Crippen molar-refractivity contribution in [1.82, 2.24) is 4.90 Å². The van der Waals surface area contributed by atoms with Crippen LogP contribution in [0.1, 0.15) is 55.7 Å². The Morgan fingerprint density at radius 2 is 2.00 bits per heavy atom. The number of nitrogens with zero attached hydrogens (tertiary/aromatic N) is 1. The predicted octanol–water partition coefficient (Wildman–Crippen LogP) is 2.50. The molecule has 114 valence electrons. The van der Waals surface area contributed by atoms with Gasteiger partial charge in [-0.05, 0) is 55.4 Å². The number of nitrogens with two attached hydrogens (primary N) is 1. The van der Waals surface area contributed by atoms with Crippen molar-refractivity contribution in [2.24, 2.45) is 5.73 Å². The lowest BCUT2D eigenvalue weighted by molar-refractivity contribution is -0.120. The Hall–Kier alpha value is -1.55. The summed E-state index contributed by atoms with van der Waals surface area (Å²) in [4.78, 5) is 13.8. The maximum Gasteiger partial charge on any atom is 0.231 e. The van der Waals surface area contributed by atoms with Crippen LogP contribution < -0.4 is 5.73 Å². The fourth-order valence-electron chi connectivity index (χ4n) is 4.02. The Morgan fingerprint density at radius 1 is 1.24 bits per heavy atom. The maximum absolute atomic E-state index is 11.5. The molecule has 2 aliphatic carbocycles. The predicted molar refractivity (Wildman–Crippen MR) is 81.9 cm³/mol. The van der Waals surface area contributed by atoms with Gasteiger partial charge in [0.25, 0.3) is 0 Å². The molecule has 4 heteroatoms. The molecule has 1 atom stereocenters. The normalized spacial score (nSPS) is 22.4. The van der Waals surface area contributed by atoms with E-state index in [1.165, 1.54) is 24.0 Å². The minimum Gasteiger partial charge on any atom is -0.508 e. The van der Waals surface area contributed by atoms with Gasteiger partial charge in [-0.3, -0.25) is 9.69 Å². The van der Waals surface area contributed by atoms with Crippen molar-refractivity contribution in [3.63, 3.8) is 0 Å². The molecular weight excluding hydrogens is 264 g/mol. The molecule has 0 saturated heterocycles. The summed E-state index contributed by atoms with van der Waals surface area (Å²) >= 11 is 0. The summed E-state index contributed by atoms with van der Waals surface area (Å²) in [6.45, 7) is 0.324. The Balaban J connectivity index is 1.92. The van der Waals surface area contributed by atoms with E-state index >= 15 is 0 Å². The number of hydrogen-bond donors (Lipinski definition) is 2. The summed E-state index contributed by atoms with van der Waals surface area (Å²) < 4.78 is 0. The van der Waals surface area contributed by atoms with Crippen LogP contribution in [0.25, 0.3) is 0 Å². The largest absolute Gasteiger partial charge is 0.508 e. The molecule has 0 bridgehead atoms. The number of carbonyl (C=O) groups excluding carboxylic acids is 1. The standard InChI is InChI=1S/C17H24N2O2/c18-17(21)11-19(13-5-1-2-6-13)16-7-3-4-12-8-9-14(20)10-15(12)16/h8-10,13,16,20H,1-7,11H2,(H2,18,21). The van der Waals surface area contributed by atoms with Crippen LogP contribution in [-0.2, 0) is 11.2 Å². The summed E-state index contributed by atoms with van der Waals surface area (Å²) in [6, 6.07) is 6.33. The first-order valence-corrected chi connectivity index (χ1v) is 8.01. The second-order valence-electron chi connectivity index (χ2n) is 6.37. The second-order valence-corrected chi connectivity index (χ2v) is 6.37. The lowest BCUT2D eigenvalue weighted by Crippen LogP contribution is -2.43. The molecule has 3 N–H and O–H groups in total. The Kier molecular flexibility index (Phi) is 4.15. The van der Waals surface area contributed by atoms with Crippen LogP contribution in [0.5, 0.6) is 5.75 Å². The van der Waals surface area contributed by atoms with Crippen LogP contribution in [0.15, 0.2) is 18.2 Å². The van der Waals surface area contributed by atoms with Gasteiger partial charge in [0.1, 0.15) is 5.75 Å². The number of hydrogen-bond acceptors (Lipinski definition) is 3. The van der Waals surface area contributed by atoms with Gasteiger partial charge in [-0.2, -0.15) is 0 Å². The summed E-state index contributed by atoms with van der Waals surface area (Å²) in [6.07, 6.45) is 8.00. The molecule has 0 heterocycles. The highest BCUT2D eigenvalue weighted by Gasteiger charge is 2.33. The van der Waals surface area contributed by atoms with E-state index in [2.05, 4.69) is 4.90 Å². The highest BCUT2D eigenvalue weighted by atomic mass is 16.3. The van der Waals surface area contributed by atoms with Crippen molar-refractivity contribution < 1.29 is 9.90 Å². The topological polar surface area (TPSA) is 66.6 Å². The van der Waals surface area contributed by atoms with Crippen molar-refractivity contribution in [2.75, 3.05) is 6.54 Å². The maximum atomic E-state index is 11.5. The molecule has 4 nitrogen and oxygen atoms in total. The summed E-state index contributed by atoms with van der Waals surface area (Å²) in [5.41, 5.74) is 7.98. The Labute approximate surface area is 125 Å². The van der Waals surface area contributed by atoms with E-state index in [0.29, 0.717) is 18.3 Å². The molecule has 0 spiro atoms. The van der Waals surface area contributed by atoms with E-state index in [1.54, 1.807) is 6.07 Å². The smallest absolute Gasteiger partial charge is 0.231 e. The summed E-state index contributed by atoms with van der Waals surface area (Å²) in [5, 5.41) is 9.82. The van der Waals surface area contributed by atoms with Crippen LogP contribution in [0, 0.1) is 0 Å². The number of benzene rings is 1. The number of rotatable bonds is 4. The van der Waals surface area contributed by atoms with E-state index in [9.17, 15) is 9.90 Å². The van der Waals surface area contributed by atoms with Gasteiger partial charge in [0.2, 0.25) is 5.91 Å².